The fourth-order valence-corrected chi connectivity index (χ4v) is 3.40. The van der Waals surface area contributed by atoms with Crippen molar-refractivity contribution in [1.29, 1.82) is 0 Å². The Labute approximate surface area is 126 Å². The number of piperazine rings is 1. The van der Waals surface area contributed by atoms with Crippen molar-refractivity contribution in [2.75, 3.05) is 31.1 Å². The number of halogens is 1. The number of hydrogen-bond donors (Lipinski definition) is 0. The summed E-state index contributed by atoms with van der Waals surface area (Å²) in [5, 5.41) is 0.886. The molecule has 1 aliphatic heterocycles. The van der Waals surface area contributed by atoms with Crippen LogP contribution in [0.5, 0.6) is 0 Å². The van der Waals surface area contributed by atoms with Gasteiger partial charge in [0.05, 0.1) is 4.88 Å². The molecule has 1 aliphatic rings. The van der Waals surface area contributed by atoms with Crippen molar-refractivity contribution >= 4 is 22.4 Å². The second kappa shape index (κ2) is 5.81. The average Bonchev–Trinajstić information content (AvgIpc) is 2.97. The molecule has 0 N–H and O–H groups in total. The molecule has 3 rings (SSSR count). The zero-order chi connectivity index (χ0) is 14.8. The number of carbonyl (C=O) groups is 1. The lowest BCUT2D eigenvalue weighted by molar-refractivity contribution is -0.129. The Morgan fingerprint density at radius 3 is 2.62 bits per heavy atom. The van der Waals surface area contributed by atoms with E-state index in [-0.39, 0.29) is 11.7 Å². The van der Waals surface area contributed by atoms with Gasteiger partial charge < -0.3 is 9.80 Å². The summed E-state index contributed by atoms with van der Waals surface area (Å²) in [6, 6.07) is 6.73. The topological polar surface area (TPSA) is 36.4 Å². The third-order valence-electron chi connectivity index (χ3n) is 3.63. The fourth-order valence-electron chi connectivity index (χ4n) is 2.41. The molecule has 0 aliphatic carbocycles. The number of carbonyl (C=O) groups excluding carboxylic acids is 1. The van der Waals surface area contributed by atoms with Crippen molar-refractivity contribution < 1.29 is 9.18 Å². The van der Waals surface area contributed by atoms with Gasteiger partial charge in [0.25, 0.3) is 0 Å². The van der Waals surface area contributed by atoms with E-state index in [0.717, 1.165) is 23.1 Å². The molecule has 0 atom stereocenters. The van der Waals surface area contributed by atoms with Crippen LogP contribution in [0.3, 0.4) is 0 Å². The molecular weight excluding hydrogens is 289 g/mol. The van der Waals surface area contributed by atoms with Crippen LogP contribution in [0.4, 0.5) is 9.52 Å². The van der Waals surface area contributed by atoms with E-state index < -0.39 is 0 Å². The Bertz CT molecular complexity index is 650. The van der Waals surface area contributed by atoms with Gasteiger partial charge in [0.1, 0.15) is 5.82 Å². The maximum Gasteiger partial charge on any atom is 0.219 e. The monoisotopic (exact) mass is 305 g/mol. The van der Waals surface area contributed by atoms with Crippen LogP contribution in [0, 0.1) is 5.82 Å². The molecule has 0 saturated carbocycles. The third-order valence-corrected chi connectivity index (χ3v) is 4.72. The molecule has 21 heavy (non-hydrogen) atoms. The van der Waals surface area contributed by atoms with Gasteiger partial charge in [-0.1, -0.05) is 29.5 Å². The molecule has 1 saturated heterocycles. The molecule has 1 fully saturated rings. The summed E-state index contributed by atoms with van der Waals surface area (Å²) in [4.78, 5) is 20.5. The number of aromatic nitrogens is 1. The summed E-state index contributed by atoms with van der Waals surface area (Å²) in [6.45, 7) is 4.55. The van der Waals surface area contributed by atoms with E-state index >= 15 is 0 Å². The van der Waals surface area contributed by atoms with Crippen molar-refractivity contribution in [2.45, 2.75) is 6.92 Å². The van der Waals surface area contributed by atoms with Gasteiger partial charge in [-0.3, -0.25) is 4.79 Å². The average molecular weight is 305 g/mol. The van der Waals surface area contributed by atoms with Crippen LogP contribution in [0.15, 0.2) is 30.5 Å². The van der Waals surface area contributed by atoms with Crippen LogP contribution in [0.1, 0.15) is 6.92 Å². The molecule has 0 radical (unpaired) electrons. The van der Waals surface area contributed by atoms with Crippen LogP contribution < -0.4 is 4.90 Å². The summed E-state index contributed by atoms with van der Waals surface area (Å²) in [5.74, 6) is -0.116. The number of rotatable bonds is 2. The highest BCUT2D eigenvalue weighted by Gasteiger charge is 2.21. The number of amides is 1. The van der Waals surface area contributed by atoms with Crippen molar-refractivity contribution in [3.63, 3.8) is 0 Å². The van der Waals surface area contributed by atoms with Crippen LogP contribution in [-0.4, -0.2) is 42.0 Å². The molecule has 0 spiro atoms. The van der Waals surface area contributed by atoms with Gasteiger partial charge in [0.2, 0.25) is 5.91 Å². The second-order valence-corrected chi connectivity index (χ2v) is 5.99. The number of hydrogen-bond acceptors (Lipinski definition) is 4. The zero-order valence-electron chi connectivity index (χ0n) is 11.8. The van der Waals surface area contributed by atoms with Gasteiger partial charge in [-0.25, -0.2) is 9.37 Å². The Kier molecular flexibility index (Phi) is 3.88. The van der Waals surface area contributed by atoms with E-state index in [1.54, 1.807) is 25.3 Å². The predicted molar refractivity (Wildman–Crippen MR) is 82.0 cm³/mol. The lowest BCUT2D eigenvalue weighted by Crippen LogP contribution is -2.48. The van der Waals surface area contributed by atoms with Gasteiger partial charge >= 0.3 is 0 Å². The maximum absolute atomic E-state index is 13.8. The summed E-state index contributed by atoms with van der Waals surface area (Å²) in [7, 11) is 0. The Morgan fingerprint density at radius 2 is 1.95 bits per heavy atom. The largest absolute Gasteiger partial charge is 0.345 e. The maximum atomic E-state index is 13.8. The molecule has 4 nitrogen and oxygen atoms in total. The number of anilines is 1. The highest BCUT2D eigenvalue weighted by Crippen LogP contribution is 2.32. The minimum Gasteiger partial charge on any atom is -0.345 e. The van der Waals surface area contributed by atoms with Crippen LogP contribution in [0.25, 0.3) is 10.4 Å². The molecule has 1 aromatic carbocycles. The van der Waals surface area contributed by atoms with E-state index in [0.29, 0.717) is 18.7 Å². The fraction of sp³-hybridized carbons (Fsp3) is 0.333. The van der Waals surface area contributed by atoms with Crippen LogP contribution in [-0.2, 0) is 4.79 Å². The highest BCUT2D eigenvalue weighted by molar-refractivity contribution is 7.18. The Balaban J connectivity index is 1.74. The van der Waals surface area contributed by atoms with Crippen molar-refractivity contribution in [1.82, 2.24) is 9.88 Å². The van der Waals surface area contributed by atoms with E-state index in [4.69, 9.17) is 0 Å². The molecule has 110 valence electrons. The molecule has 0 bridgehead atoms. The minimum atomic E-state index is -0.228. The standard InChI is InChI=1S/C15H16FN3OS/c1-11(20)18-6-8-19(9-7-18)15-17-10-14(21-15)12-4-2-3-5-13(12)16/h2-5,10H,6-9H2,1H3. The van der Waals surface area contributed by atoms with Crippen LogP contribution in [0.2, 0.25) is 0 Å². The predicted octanol–water partition coefficient (Wildman–Crippen LogP) is 2.62. The van der Waals surface area contributed by atoms with Gasteiger partial charge in [-0.05, 0) is 6.07 Å². The van der Waals surface area contributed by atoms with Crippen molar-refractivity contribution in [2.24, 2.45) is 0 Å². The molecule has 0 unspecified atom stereocenters. The third kappa shape index (κ3) is 2.90. The number of nitrogens with zero attached hydrogens (tertiary/aromatic N) is 3. The van der Waals surface area contributed by atoms with Gasteiger partial charge in [-0.15, -0.1) is 0 Å². The minimum absolute atomic E-state index is 0.112. The smallest absolute Gasteiger partial charge is 0.219 e. The van der Waals surface area contributed by atoms with E-state index in [1.165, 1.54) is 17.4 Å². The first-order chi connectivity index (χ1) is 10.1. The molecule has 1 amide bonds. The summed E-state index contributed by atoms with van der Waals surface area (Å²) in [6.07, 6.45) is 1.72. The number of thiazole rings is 1. The lowest BCUT2D eigenvalue weighted by Gasteiger charge is -2.33. The molecule has 6 heteroatoms. The quantitative estimate of drug-likeness (QED) is 0.856. The van der Waals surface area contributed by atoms with Crippen molar-refractivity contribution in [3.05, 3.63) is 36.3 Å². The molecule has 2 aromatic rings. The summed E-state index contributed by atoms with van der Waals surface area (Å²) in [5.41, 5.74) is 0.587. The first-order valence-corrected chi connectivity index (χ1v) is 7.68. The van der Waals surface area contributed by atoms with Gasteiger partial charge in [0, 0.05) is 44.9 Å². The van der Waals surface area contributed by atoms with Crippen molar-refractivity contribution in [3.8, 4) is 10.4 Å². The first kappa shape index (κ1) is 14.0. The van der Waals surface area contributed by atoms with Crippen LogP contribution >= 0.6 is 11.3 Å². The Morgan fingerprint density at radius 1 is 1.24 bits per heavy atom. The molecule has 2 heterocycles. The SMILES string of the molecule is CC(=O)N1CCN(c2ncc(-c3ccccc3F)s2)CC1. The number of benzene rings is 1. The summed E-state index contributed by atoms with van der Waals surface area (Å²) < 4.78 is 13.8. The zero-order valence-corrected chi connectivity index (χ0v) is 12.6. The van der Waals surface area contributed by atoms with E-state index in [9.17, 15) is 9.18 Å². The van der Waals surface area contributed by atoms with E-state index in [1.807, 2.05) is 11.0 Å². The van der Waals surface area contributed by atoms with Gasteiger partial charge in [0.15, 0.2) is 5.13 Å². The molecule has 1 aromatic heterocycles. The summed E-state index contributed by atoms with van der Waals surface area (Å²) >= 11 is 1.49. The second-order valence-electron chi connectivity index (χ2n) is 4.98. The highest BCUT2D eigenvalue weighted by atomic mass is 32.1. The van der Waals surface area contributed by atoms with Gasteiger partial charge in [-0.2, -0.15) is 0 Å². The van der Waals surface area contributed by atoms with E-state index in [2.05, 4.69) is 9.88 Å². The lowest BCUT2D eigenvalue weighted by atomic mass is 10.2. The normalized spacial score (nSPS) is 15.3. The Hall–Kier alpha value is -1.95. The molecular formula is C15H16FN3OS. The first-order valence-electron chi connectivity index (χ1n) is 6.86.